The van der Waals surface area contributed by atoms with Crippen molar-refractivity contribution < 1.29 is 17.6 Å². The third kappa shape index (κ3) is 4.58. The number of carbonyl (C=O) groups excluding carboxylic acids is 1. The summed E-state index contributed by atoms with van der Waals surface area (Å²) >= 11 is 2.90. The molecule has 1 amide bonds. The number of benzene rings is 1. The summed E-state index contributed by atoms with van der Waals surface area (Å²) < 4.78 is 42.6. The second kappa shape index (κ2) is 9.69. The lowest BCUT2D eigenvalue weighted by Crippen LogP contribution is -2.51. The monoisotopic (exact) mass is 495 g/mol. The molecule has 8 nitrogen and oxygen atoms in total. The quantitative estimate of drug-likeness (QED) is 0.469. The normalized spacial score (nSPS) is 15.2. The van der Waals surface area contributed by atoms with Gasteiger partial charge in [-0.15, -0.1) is 21.5 Å². The van der Waals surface area contributed by atoms with E-state index in [1.54, 1.807) is 16.2 Å². The molecule has 1 aromatic carbocycles. The molecular formula is C20H22FN5O3S3. The van der Waals surface area contributed by atoms with Gasteiger partial charge in [-0.25, -0.2) is 12.8 Å². The molecule has 1 aliphatic heterocycles. The summed E-state index contributed by atoms with van der Waals surface area (Å²) in [5.74, 6) is 0.0952. The van der Waals surface area contributed by atoms with Crippen LogP contribution in [0.2, 0.25) is 0 Å². The SMILES string of the molecule is CCn1c(SCC(=O)N2CCN(S(=O)(=O)c3ccccc3F)CC2)nnc1-c1cccs1. The topological polar surface area (TPSA) is 88.4 Å². The van der Waals surface area contributed by atoms with Gasteiger partial charge in [0, 0.05) is 32.7 Å². The van der Waals surface area contributed by atoms with Gasteiger partial charge in [0.2, 0.25) is 15.9 Å². The van der Waals surface area contributed by atoms with Crippen LogP contribution in [0, 0.1) is 5.82 Å². The summed E-state index contributed by atoms with van der Waals surface area (Å²) in [4.78, 5) is 15.0. The average Bonchev–Trinajstić information content (AvgIpc) is 3.47. The van der Waals surface area contributed by atoms with Gasteiger partial charge in [-0.05, 0) is 30.5 Å². The minimum absolute atomic E-state index is 0.0960. The van der Waals surface area contributed by atoms with Crippen molar-refractivity contribution in [3.8, 4) is 10.7 Å². The fourth-order valence-corrected chi connectivity index (χ4v) is 6.57. The van der Waals surface area contributed by atoms with Gasteiger partial charge in [0.1, 0.15) is 10.7 Å². The lowest BCUT2D eigenvalue weighted by Gasteiger charge is -2.34. The van der Waals surface area contributed by atoms with Gasteiger partial charge >= 0.3 is 0 Å². The predicted molar refractivity (Wildman–Crippen MR) is 121 cm³/mol. The molecule has 0 saturated carbocycles. The van der Waals surface area contributed by atoms with Gasteiger partial charge < -0.3 is 9.47 Å². The maximum Gasteiger partial charge on any atom is 0.246 e. The number of halogens is 1. The number of hydrogen-bond acceptors (Lipinski definition) is 7. The molecule has 32 heavy (non-hydrogen) atoms. The van der Waals surface area contributed by atoms with Crippen molar-refractivity contribution in [2.75, 3.05) is 31.9 Å². The largest absolute Gasteiger partial charge is 0.339 e. The summed E-state index contributed by atoms with van der Waals surface area (Å²) in [6.07, 6.45) is 0. The van der Waals surface area contributed by atoms with Crippen molar-refractivity contribution in [2.24, 2.45) is 0 Å². The standard InChI is InChI=1S/C20H22FN5O3S3/c1-2-26-19(16-7-5-13-30-16)22-23-20(26)31-14-18(27)24-9-11-25(12-10-24)32(28,29)17-8-4-3-6-15(17)21/h3-8,13H,2,9-12,14H2,1H3. The van der Waals surface area contributed by atoms with Crippen LogP contribution in [0.3, 0.4) is 0 Å². The first-order valence-corrected chi connectivity index (χ1v) is 13.3. The number of nitrogens with zero attached hydrogens (tertiary/aromatic N) is 5. The molecule has 0 radical (unpaired) electrons. The molecule has 4 rings (SSSR count). The number of amides is 1. The second-order valence-electron chi connectivity index (χ2n) is 7.03. The summed E-state index contributed by atoms with van der Waals surface area (Å²) in [6.45, 7) is 3.45. The Morgan fingerprint density at radius 3 is 2.53 bits per heavy atom. The van der Waals surface area contributed by atoms with Crippen LogP contribution in [0.4, 0.5) is 4.39 Å². The number of thioether (sulfide) groups is 1. The predicted octanol–water partition coefficient (Wildman–Crippen LogP) is 2.79. The van der Waals surface area contributed by atoms with E-state index in [2.05, 4.69) is 10.2 Å². The molecule has 170 valence electrons. The van der Waals surface area contributed by atoms with E-state index in [1.165, 1.54) is 34.3 Å². The van der Waals surface area contributed by atoms with Crippen molar-refractivity contribution in [1.29, 1.82) is 0 Å². The Morgan fingerprint density at radius 2 is 1.88 bits per heavy atom. The minimum atomic E-state index is -3.93. The molecule has 1 aliphatic rings. The molecule has 3 heterocycles. The van der Waals surface area contributed by atoms with Crippen molar-refractivity contribution in [1.82, 2.24) is 24.0 Å². The lowest BCUT2D eigenvalue weighted by atomic mass is 10.3. The Balaban J connectivity index is 1.35. The number of carbonyl (C=O) groups is 1. The van der Waals surface area contributed by atoms with E-state index < -0.39 is 15.8 Å². The molecule has 1 fully saturated rings. The molecule has 1 saturated heterocycles. The van der Waals surface area contributed by atoms with Crippen molar-refractivity contribution in [2.45, 2.75) is 23.5 Å². The minimum Gasteiger partial charge on any atom is -0.339 e. The third-order valence-electron chi connectivity index (χ3n) is 5.15. The first-order chi connectivity index (χ1) is 15.4. The summed E-state index contributed by atoms with van der Waals surface area (Å²) in [5, 5.41) is 11.2. The smallest absolute Gasteiger partial charge is 0.246 e. The number of rotatable bonds is 7. The van der Waals surface area contributed by atoms with Crippen molar-refractivity contribution in [3.63, 3.8) is 0 Å². The molecule has 12 heteroatoms. The molecule has 0 unspecified atom stereocenters. The Hall–Kier alpha value is -2.28. The van der Waals surface area contributed by atoms with Gasteiger partial charge in [-0.1, -0.05) is 30.0 Å². The third-order valence-corrected chi connectivity index (χ3v) is 8.89. The highest BCUT2D eigenvalue weighted by atomic mass is 32.2. The zero-order valence-corrected chi connectivity index (χ0v) is 19.8. The molecule has 0 atom stereocenters. The van der Waals surface area contributed by atoms with Crippen molar-refractivity contribution >= 4 is 39.0 Å². The van der Waals surface area contributed by atoms with Gasteiger partial charge in [0.05, 0.1) is 10.6 Å². The Labute approximate surface area is 194 Å². The Kier molecular flexibility index (Phi) is 6.93. The van der Waals surface area contributed by atoms with E-state index in [0.29, 0.717) is 11.7 Å². The van der Waals surface area contributed by atoms with Crippen LogP contribution in [0.5, 0.6) is 0 Å². The first-order valence-electron chi connectivity index (χ1n) is 10.0. The molecular weight excluding hydrogens is 473 g/mol. The van der Waals surface area contributed by atoms with Gasteiger partial charge in [-0.3, -0.25) is 4.79 Å². The Bertz CT molecular complexity index is 1190. The Morgan fingerprint density at radius 1 is 1.12 bits per heavy atom. The van der Waals surface area contributed by atoms with Gasteiger partial charge in [0.15, 0.2) is 11.0 Å². The molecule has 0 spiro atoms. The summed E-state index contributed by atoms with van der Waals surface area (Å²) in [6, 6.07) is 9.26. The molecule has 0 N–H and O–H groups in total. The van der Waals surface area contributed by atoms with Crippen LogP contribution in [0.15, 0.2) is 51.8 Å². The van der Waals surface area contributed by atoms with Crippen LogP contribution in [0.25, 0.3) is 10.7 Å². The van der Waals surface area contributed by atoms with Crippen LogP contribution < -0.4 is 0 Å². The van der Waals surface area contributed by atoms with E-state index in [1.807, 2.05) is 29.0 Å². The number of aromatic nitrogens is 3. The van der Waals surface area contributed by atoms with Crippen LogP contribution in [-0.4, -0.2) is 70.2 Å². The van der Waals surface area contributed by atoms with E-state index in [9.17, 15) is 17.6 Å². The number of piperazine rings is 1. The van der Waals surface area contributed by atoms with Gasteiger partial charge in [-0.2, -0.15) is 4.31 Å². The van der Waals surface area contributed by atoms with Crippen molar-refractivity contribution in [3.05, 3.63) is 47.6 Å². The van der Waals surface area contributed by atoms with E-state index in [-0.39, 0.29) is 42.7 Å². The maximum absolute atomic E-state index is 14.0. The second-order valence-corrected chi connectivity index (χ2v) is 10.8. The number of sulfonamides is 1. The lowest BCUT2D eigenvalue weighted by molar-refractivity contribution is -0.129. The van der Waals surface area contributed by atoms with E-state index in [4.69, 9.17) is 0 Å². The summed E-state index contributed by atoms with van der Waals surface area (Å²) in [5.41, 5.74) is 0. The molecule has 3 aromatic rings. The zero-order chi connectivity index (χ0) is 22.7. The number of hydrogen-bond donors (Lipinski definition) is 0. The highest BCUT2D eigenvalue weighted by molar-refractivity contribution is 7.99. The molecule has 0 aliphatic carbocycles. The fourth-order valence-electron chi connectivity index (χ4n) is 3.46. The van der Waals surface area contributed by atoms with Crippen LogP contribution in [0.1, 0.15) is 6.92 Å². The van der Waals surface area contributed by atoms with Crippen LogP contribution >= 0.6 is 23.1 Å². The van der Waals surface area contributed by atoms with E-state index in [0.717, 1.165) is 16.8 Å². The first kappa shape index (κ1) is 22.9. The van der Waals surface area contributed by atoms with Gasteiger partial charge in [0.25, 0.3) is 0 Å². The maximum atomic E-state index is 14.0. The molecule has 0 bridgehead atoms. The zero-order valence-electron chi connectivity index (χ0n) is 17.3. The highest BCUT2D eigenvalue weighted by Crippen LogP contribution is 2.27. The average molecular weight is 496 g/mol. The summed E-state index contributed by atoms with van der Waals surface area (Å²) in [7, 11) is -3.93. The van der Waals surface area contributed by atoms with Crippen LogP contribution in [-0.2, 0) is 21.4 Å². The highest BCUT2D eigenvalue weighted by Gasteiger charge is 2.31. The fraction of sp³-hybridized carbons (Fsp3) is 0.350. The number of thiophene rings is 1. The van der Waals surface area contributed by atoms with E-state index >= 15 is 0 Å². The molecule has 2 aromatic heterocycles.